The van der Waals surface area contributed by atoms with Crippen LogP contribution in [0.3, 0.4) is 0 Å². The second-order valence-electron chi connectivity index (χ2n) is 4.75. The SMILES string of the molecule is NC(=S)NN=Cc1ccc(NCc2cccc(Cl)c2)c([N+](=O)[O-])c1. The second-order valence-corrected chi connectivity index (χ2v) is 5.63. The molecule has 0 aliphatic heterocycles. The third kappa shape index (κ3) is 5.18. The highest BCUT2D eigenvalue weighted by Gasteiger charge is 2.14. The minimum absolute atomic E-state index is 0.0144. The Morgan fingerprint density at radius 1 is 1.38 bits per heavy atom. The van der Waals surface area contributed by atoms with Crippen molar-refractivity contribution < 1.29 is 4.92 Å². The number of benzene rings is 2. The summed E-state index contributed by atoms with van der Waals surface area (Å²) in [5, 5.41) is 18.7. The summed E-state index contributed by atoms with van der Waals surface area (Å²) in [4.78, 5) is 10.8. The van der Waals surface area contributed by atoms with Crippen molar-refractivity contribution in [2.24, 2.45) is 10.8 Å². The maximum atomic E-state index is 11.3. The molecular formula is C15H14ClN5O2S. The van der Waals surface area contributed by atoms with Crippen molar-refractivity contribution in [3.63, 3.8) is 0 Å². The van der Waals surface area contributed by atoms with E-state index in [0.29, 0.717) is 22.8 Å². The summed E-state index contributed by atoms with van der Waals surface area (Å²) in [6.45, 7) is 0.415. The molecule has 0 aromatic heterocycles. The zero-order valence-electron chi connectivity index (χ0n) is 12.4. The molecule has 0 bridgehead atoms. The second kappa shape index (κ2) is 8.23. The summed E-state index contributed by atoms with van der Waals surface area (Å²) in [7, 11) is 0. The molecule has 0 heterocycles. The van der Waals surface area contributed by atoms with Crippen LogP contribution in [0.25, 0.3) is 0 Å². The van der Waals surface area contributed by atoms with E-state index in [0.717, 1.165) is 5.56 Å². The number of rotatable bonds is 6. The number of halogens is 1. The van der Waals surface area contributed by atoms with E-state index in [2.05, 4.69) is 28.1 Å². The van der Waals surface area contributed by atoms with E-state index in [-0.39, 0.29) is 10.8 Å². The molecule has 0 aliphatic rings. The molecule has 0 unspecified atom stereocenters. The van der Waals surface area contributed by atoms with Gasteiger partial charge in [-0.1, -0.05) is 29.8 Å². The number of nitrogens with one attached hydrogen (secondary N) is 2. The van der Waals surface area contributed by atoms with Crippen LogP contribution in [0.2, 0.25) is 5.02 Å². The lowest BCUT2D eigenvalue weighted by atomic mass is 10.1. The van der Waals surface area contributed by atoms with Crippen molar-refractivity contribution >= 4 is 46.5 Å². The van der Waals surface area contributed by atoms with E-state index < -0.39 is 4.92 Å². The standard InChI is InChI=1S/C15H14ClN5O2S/c16-12-3-1-2-10(6-12)8-18-13-5-4-11(7-14(13)21(22)23)9-19-20-15(17)24/h1-7,9,18H,8H2,(H3,17,20,24). The highest BCUT2D eigenvalue weighted by molar-refractivity contribution is 7.80. The van der Waals surface area contributed by atoms with E-state index in [9.17, 15) is 10.1 Å². The Morgan fingerprint density at radius 2 is 2.17 bits per heavy atom. The molecule has 7 nitrogen and oxygen atoms in total. The fraction of sp³-hybridized carbons (Fsp3) is 0.0667. The van der Waals surface area contributed by atoms with Gasteiger partial charge in [0, 0.05) is 23.2 Å². The van der Waals surface area contributed by atoms with Crippen LogP contribution in [0.1, 0.15) is 11.1 Å². The van der Waals surface area contributed by atoms with Gasteiger partial charge in [-0.15, -0.1) is 0 Å². The molecule has 2 aromatic carbocycles. The Hall–Kier alpha value is -2.71. The fourth-order valence-electron chi connectivity index (χ4n) is 1.94. The van der Waals surface area contributed by atoms with E-state index >= 15 is 0 Å². The van der Waals surface area contributed by atoms with Crippen molar-refractivity contribution in [3.05, 3.63) is 68.7 Å². The number of nitro benzene ring substituents is 1. The topological polar surface area (TPSA) is 106 Å². The van der Waals surface area contributed by atoms with Crippen LogP contribution in [-0.2, 0) is 6.54 Å². The Kier molecular flexibility index (Phi) is 6.05. The van der Waals surface area contributed by atoms with E-state index in [1.54, 1.807) is 24.3 Å². The van der Waals surface area contributed by atoms with Crippen LogP contribution in [0.15, 0.2) is 47.6 Å². The number of nitrogens with zero attached hydrogens (tertiary/aromatic N) is 2. The van der Waals surface area contributed by atoms with Crippen LogP contribution < -0.4 is 16.5 Å². The van der Waals surface area contributed by atoms with Crippen LogP contribution in [0.5, 0.6) is 0 Å². The lowest BCUT2D eigenvalue weighted by Gasteiger charge is -2.08. The van der Waals surface area contributed by atoms with Gasteiger partial charge < -0.3 is 11.1 Å². The average Bonchev–Trinajstić information content (AvgIpc) is 2.53. The highest BCUT2D eigenvalue weighted by atomic mass is 35.5. The first kappa shape index (κ1) is 17.6. The molecule has 4 N–H and O–H groups in total. The number of nitrogens with two attached hydrogens (primary N) is 1. The Balaban J connectivity index is 2.15. The van der Waals surface area contributed by atoms with Gasteiger partial charge in [0.25, 0.3) is 5.69 Å². The van der Waals surface area contributed by atoms with Gasteiger partial charge in [0.05, 0.1) is 11.1 Å². The quantitative estimate of drug-likeness (QED) is 0.315. The summed E-state index contributed by atoms with van der Waals surface area (Å²) in [5.41, 5.74) is 9.44. The summed E-state index contributed by atoms with van der Waals surface area (Å²) >= 11 is 10.5. The smallest absolute Gasteiger partial charge is 0.292 e. The molecule has 0 spiro atoms. The molecule has 9 heteroatoms. The molecule has 2 rings (SSSR count). The average molecular weight is 364 g/mol. The van der Waals surface area contributed by atoms with Crippen molar-refractivity contribution in [2.45, 2.75) is 6.54 Å². The predicted molar refractivity (Wildman–Crippen MR) is 99.4 cm³/mol. The van der Waals surface area contributed by atoms with Gasteiger partial charge in [0.1, 0.15) is 5.69 Å². The largest absolute Gasteiger partial charge is 0.375 e. The first-order valence-corrected chi connectivity index (χ1v) is 7.59. The van der Waals surface area contributed by atoms with Crippen molar-refractivity contribution in [2.75, 3.05) is 5.32 Å². The minimum Gasteiger partial charge on any atom is -0.375 e. The van der Waals surface area contributed by atoms with E-state index in [4.69, 9.17) is 17.3 Å². The molecule has 124 valence electrons. The monoisotopic (exact) mass is 363 g/mol. The highest BCUT2D eigenvalue weighted by Crippen LogP contribution is 2.26. The molecule has 0 amide bonds. The summed E-state index contributed by atoms with van der Waals surface area (Å²) in [5.74, 6) is 0. The predicted octanol–water partition coefficient (Wildman–Crippen LogP) is 3.03. The van der Waals surface area contributed by atoms with E-state index in [1.807, 2.05) is 12.1 Å². The van der Waals surface area contributed by atoms with Crippen LogP contribution in [0.4, 0.5) is 11.4 Å². The summed E-state index contributed by atoms with van der Waals surface area (Å²) < 4.78 is 0. The number of anilines is 1. The summed E-state index contributed by atoms with van der Waals surface area (Å²) in [6, 6.07) is 12.0. The fourth-order valence-corrected chi connectivity index (χ4v) is 2.21. The Bertz CT molecular complexity index is 797. The molecule has 0 atom stereocenters. The van der Waals surface area contributed by atoms with Gasteiger partial charge in [0.15, 0.2) is 5.11 Å². The van der Waals surface area contributed by atoms with Gasteiger partial charge >= 0.3 is 0 Å². The van der Waals surface area contributed by atoms with Crippen molar-refractivity contribution in [3.8, 4) is 0 Å². The van der Waals surface area contributed by atoms with Gasteiger partial charge in [-0.25, -0.2) is 0 Å². The molecule has 0 saturated carbocycles. The molecule has 0 aliphatic carbocycles. The number of hydrazone groups is 1. The lowest BCUT2D eigenvalue weighted by Crippen LogP contribution is -2.23. The summed E-state index contributed by atoms with van der Waals surface area (Å²) in [6.07, 6.45) is 1.40. The van der Waals surface area contributed by atoms with E-state index in [1.165, 1.54) is 12.3 Å². The van der Waals surface area contributed by atoms with Gasteiger partial charge in [-0.3, -0.25) is 15.5 Å². The lowest BCUT2D eigenvalue weighted by molar-refractivity contribution is -0.384. The molecule has 0 fully saturated rings. The number of hydrogen-bond acceptors (Lipinski definition) is 5. The Morgan fingerprint density at radius 3 is 2.83 bits per heavy atom. The number of nitro groups is 1. The maximum Gasteiger partial charge on any atom is 0.292 e. The third-order valence-corrected chi connectivity index (χ3v) is 3.31. The van der Waals surface area contributed by atoms with Gasteiger partial charge in [0.2, 0.25) is 0 Å². The van der Waals surface area contributed by atoms with Gasteiger partial charge in [-0.05, 0) is 36.0 Å². The molecule has 2 aromatic rings. The minimum atomic E-state index is -0.460. The first-order chi connectivity index (χ1) is 11.5. The zero-order chi connectivity index (χ0) is 17.5. The maximum absolute atomic E-state index is 11.3. The van der Waals surface area contributed by atoms with Crippen LogP contribution in [-0.4, -0.2) is 16.3 Å². The van der Waals surface area contributed by atoms with Crippen LogP contribution >= 0.6 is 23.8 Å². The number of hydrogen-bond donors (Lipinski definition) is 3. The molecule has 0 radical (unpaired) electrons. The number of thiocarbonyl (C=S) groups is 1. The normalized spacial score (nSPS) is 10.5. The Labute approximate surface area is 148 Å². The molecular weight excluding hydrogens is 350 g/mol. The molecule has 24 heavy (non-hydrogen) atoms. The third-order valence-electron chi connectivity index (χ3n) is 2.98. The van der Waals surface area contributed by atoms with Crippen molar-refractivity contribution in [1.29, 1.82) is 0 Å². The van der Waals surface area contributed by atoms with Crippen molar-refractivity contribution in [1.82, 2.24) is 5.43 Å². The first-order valence-electron chi connectivity index (χ1n) is 6.81. The van der Waals surface area contributed by atoms with Crippen LogP contribution in [0, 0.1) is 10.1 Å². The zero-order valence-corrected chi connectivity index (χ0v) is 14.0. The van der Waals surface area contributed by atoms with Gasteiger partial charge in [-0.2, -0.15) is 5.10 Å². The molecule has 0 saturated heterocycles.